The highest BCUT2D eigenvalue weighted by molar-refractivity contribution is 5.94. The number of benzene rings is 1. The number of carbonyl (C=O) groups excluding carboxylic acids is 2. The molecular formula is C23H29N5O3. The summed E-state index contributed by atoms with van der Waals surface area (Å²) >= 11 is 0. The summed E-state index contributed by atoms with van der Waals surface area (Å²) < 4.78 is 5.45. The normalized spacial score (nSPS) is 14.7. The maximum atomic E-state index is 12.7. The van der Waals surface area contributed by atoms with Crippen molar-refractivity contribution in [2.75, 3.05) is 43.0 Å². The zero-order chi connectivity index (χ0) is 22.1. The summed E-state index contributed by atoms with van der Waals surface area (Å²) in [5, 5.41) is 2.83. The largest absolute Gasteiger partial charge is 0.368 e. The minimum absolute atomic E-state index is 0.0923. The van der Waals surface area contributed by atoms with Crippen LogP contribution in [-0.2, 0) is 20.7 Å². The van der Waals surface area contributed by atoms with Crippen LogP contribution in [-0.4, -0.2) is 65.6 Å². The molecule has 2 amide bonds. The zero-order valence-electron chi connectivity index (χ0n) is 17.9. The van der Waals surface area contributed by atoms with Crippen LogP contribution in [0, 0.1) is 0 Å². The van der Waals surface area contributed by atoms with Crippen LogP contribution < -0.4 is 10.2 Å². The van der Waals surface area contributed by atoms with Crippen molar-refractivity contribution in [2.24, 2.45) is 0 Å². The van der Waals surface area contributed by atoms with E-state index in [1.165, 1.54) is 0 Å². The quantitative estimate of drug-likeness (QED) is 0.492. The highest BCUT2D eigenvalue weighted by Crippen LogP contribution is 2.14. The van der Waals surface area contributed by atoms with Crippen molar-refractivity contribution >= 4 is 23.5 Å². The summed E-state index contributed by atoms with van der Waals surface area (Å²) in [7, 11) is 0. The van der Waals surface area contributed by atoms with E-state index in [4.69, 9.17) is 4.74 Å². The Morgan fingerprint density at radius 3 is 2.48 bits per heavy atom. The maximum Gasteiger partial charge on any atom is 0.253 e. The number of hydrogen-bond donors (Lipinski definition) is 1. The Bertz CT molecular complexity index is 865. The van der Waals surface area contributed by atoms with Crippen molar-refractivity contribution in [2.45, 2.75) is 25.9 Å². The lowest BCUT2D eigenvalue weighted by molar-refractivity contribution is -0.130. The van der Waals surface area contributed by atoms with Crippen LogP contribution in [0.1, 0.15) is 18.9 Å². The Morgan fingerprint density at radius 2 is 1.84 bits per heavy atom. The van der Waals surface area contributed by atoms with Gasteiger partial charge in [0.15, 0.2) is 0 Å². The van der Waals surface area contributed by atoms with E-state index in [0.29, 0.717) is 57.3 Å². The molecule has 2 aromatic rings. The molecule has 1 aliphatic heterocycles. The number of aromatic nitrogens is 2. The number of ether oxygens (including phenoxy) is 1. The third-order valence-corrected chi connectivity index (χ3v) is 5.10. The van der Waals surface area contributed by atoms with E-state index < -0.39 is 6.10 Å². The third-order valence-electron chi connectivity index (χ3n) is 5.10. The number of amides is 2. The molecule has 0 bridgehead atoms. The molecular weight excluding hydrogens is 394 g/mol. The van der Waals surface area contributed by atoms with Gasteiger partial charge in [0, 0.05) is 44.3 Å². The van der Waals surface area contributed by atoms with Crippen LogP contribution in [0.5, 0.6) is 0 Å². The molecule has 0 spiro atoms. The minimum atomic E-state index is -0.541. The van der Waals surface area contributed by atoms with Crippen molar-refractivity contribution in [1.82, 2.24) is 14.9 Å². The minimum Gasteiger partial charge on any atom is -0.368 e. The fraction of sp³-hybridized carbons (Fsp3) is 0.391. The molecule has 31 heavy (non-hydrogen) atoms. The molecule has 3 rings (SSSR count). The lowest BCUT2D eigenvalue weighted by Gasteiger charge is -2.34. The van der Waals surface area contributed by atoms with Gasteiger partial charge in [-0.25, -0.2) is 9.97 Å². The smallest absolute Gasteiger partial charge is 0.253 e. The average molecular weight is 424 g/mol. The second kappa shape index (κ2) is 11.2. The van der Waals surface area contributed by atoms with Gasteiger partial charge in [0.05, 0.1) is 13.0 Å². The molecule has 1 saturated heterocycles. The van der Waals surface area contributed by atoms with Crippen LogP contribution in [0.25, 0.3) is 0 Å². The van der Waals surface area contributed by atoms with Gasteiger partial charge in [-0.2, -0.15) is 0 Å². The third kappa shape index (κ3) is 6.62. The number of rotatable bonds is 9. The SMILES string of the molecule is C=CCCOC(C)C(=O)Nc1ccc(CC(=O)N2CCN(c3ncccn3)CC2)cc1. The Morgan fingerprint density at radius 1 is 1.16 bits per heavy atom. The van der Waals surface area contributed by atoms with Crippen LogP contribution in [0.15, 0.2) is 55.4 Å². The summed E-state index contributed by atoms with van der Waals surface area (Å²) in [4.78, 5) is 37.3. The number of piperazine rings is 1. The average Bonchev–Trinajstić information content (AvgIpc) is 2.81. The Balaban J connectivity index is 1.45. The highest BCUT2D eigenvalue weighted by Gasteiger charge is 2.22. The number of hydrogen-bond acceptors (Lipinski definition) is 6. The van der Waals surface area contributed by atoms with Crippen molar-refractivity contribution < 1.29 is 14.3 Å². The molecule has 1 unspecified atom stereocenters. The van der Waals surface area contributed by atoms with Gasteiger partial charge in [0.25, 0.3) is 5.91 Å². The lowest BCUT2D eigenvalue weighted by Crippen LogP contribution is -2.49. The zero-order valence-corrected chi connectivity index (χ0v) is 17.9. The predicted molar refractivity (Wildman–Crippen MR) is 120 cm³/mol. The molecule has 0 aliphatic carbocycles. The predicted octanol–water partition coefficient (Wildman–Crippen LogP) is 2.29. The number of nitrogens with one attached hydrogen (secondary N) is 1. The first-order chi connectivity index (χ1) is 15.1. The Hall–Kier alpha value is -3.26. The van der Waals surface area contributed by atoms with E-state index in [1.54, 1.807) is 31.5 Å². The second-order valence-electron chi connectivity index (χ2n) is 7.37. The Kier molecular flexibility index (Phi) is 8.12. The number of nitrogens with zero attached hydrogens (tertiary/aromatic N) is 4. The first-order valence-electron chi connectivity index (χ1n) is 10.5. The number of anilines is 2. The maximum absolute atomic E-state index is 12.7. The van der Waals surface area contributed by atoms with Gasteiger partial charge in [0.2, 0.25) is 11.9 Å². The van der Waals surface area contributed by atoms with Crippen molar-refractivity contribution in [3.63, 3.8) is 0 Å². The molecule has 1 aromatic heterocycles. The van der Waals surface area contributed by atoms with Crippen LogP contribution in [0.4, 0.5) is 11.6 Å². The van der Waals surface area contributed by atoms with Gasteiger partial charge in [-0.1, -0.05) is 18.2 Å². The lowest BCUT2D eigenvalue weighted by atomic mass is 10.1. The van der Waals surface area contributed by atoms with Gasteiger partial charge >= 0.3 is 0 Å². The fourth-order valence-corrected chi connectivity index (χ4v) is 3.25. The first-order valence-corrected chi connectivity index (χ1v) is 10.5. The van der Waals surface area contributed by atoms with Crippen LogP contribution >= 0.6 is 0 Å². The number of carbonyl (C=O) groups is 2. The Labute approximate surface area is 182 Å². The van der Waals surface area contributed by atoms with Crippen LogP contribution in [0.3, 0.4) is 0 Å². The van der Waals surface area contributed by atoms with E-state index in [2.05, 4.69) is 26.8 Å². The van der Waals surface area contributed by atoms with E-state index in [9.17, 15) is 9.59 Å². The topological polar surface area (TPSA) is 87.7 Å². The van der Waals surface area contributed by atoms with Crippen molar-refractivity contribution in [1.29, 1.82) is 0 Å². The molecule has 8 nitrogen and oxygen atoms in total. The molecule has 1 aliphatic rings. The molecule has 1 fully saturated rings. The molecule has 1 N–H and O–H groups in total. The van der Waals surface area contributed by atoms with Gasteiger partial charge < -0.3 is 19.9 Å². The van der Waals surface area contributed by atoms with Crippen molar-refractivity contribution in [3.05, 3.63) is 60.9 Å². The summed E-state index contributed by atoms with van der Waals surface area (Å²) in [5.41, 5.74) is 1.59. The molecule has 1 atom stereocenters. The van der Waals surface area contributed by atoms with Gasteiger partial charge in [-0.15, -0.1) is 6.58 Å². The van der Waals surface area contributed by atoms with E-state index in [0.717, 1.165) is 5.56 Å². The summed E-state index contributed by atoms with van der Waals surface area (Å²) in [6, 6.07) is 9.14. The monoisotopic (exact) mass is 423 g/mol. The molecule has 8 heteroatoms. The van der Waals surface area contributed by atoms with Gasteiger partial charge in [-0.3, -0.25) is 9.59 Å². The summed E-state index contributed by atoms with van der Waals surface area (Å²) in [6.07, 6.45) is 5.70. The molecule has 164 valence electrons. The standard InChI is InChI=1S/C23H29N5O3/c1-3-4-16-31-18(2)22(30)26-20-8-6-19(7-9-20)17-21(29)27-12-14-28(15-13-27)23-24-10-5-11-25-23/h3,5-11,18H,1,4,12-17H2,2H3,(H,26,30). The molecule has 2 heterocycles. The summed E-state index contributed by atoms with van der Waals surface area (Å²) in [5.74, 6) is 0.593. The van der Waals surface area contributed by atoms with Crippen molar-refractivity contribution in [3.8, 4) is 0 Å². The fourth-order valence-electron chi connectivity index (χ4n) is 3.25. The van der Waals surface area contributed by atoms with Gasteiger partial charge in [-0.05, 0) is 37.1 Å². The van der Waals surface area contributed by atoms with Gasteiger partial charge in [0.1, 0.15) is 6.10 Å². The highest BCUT2D eigenvalue weighted by atomic mass is 16.5. The van der Waals surface area contributed by atoms with Crippen LogP contribution in [0.2, 0.25) is 0 Å². The van der Waals surface area contributed by atoms with E-state index in [-0.39, 0.29) is 11.8 Å². The van der Waals surface area contributed by atoms with E-state index in [1.807, 2.05) is 29.2 Å². The molecule has 1 aromatic carbocycles. The second-order valence-corrected chi connectivity index (χ2v) is 7.37. The summed E-state index contributed by atoms with van der Waals surface area (Å²) in [6.45, 7) is 8.54. The molecule has 0 saturated carbocycles. The first kappa shape index (κ1) is 22.4. The van der Waals surface area contributed by atoms with E-state index >= 15 is 0 Å². The molecule has 0 radical (unpaired) electrons.